The van der Waals surface area contributed by atoms with Crippen LogP contribution < -0.4 is 10.9 Å². The zero-order valence-electron chi connectivity index (χ0n) is 10.8. The summed E-state index contributed by atoms with van der Waals surface area (Å²) in [5.41, 5.74) is 0.572. The van der Waals surface area contributed by atoms with Gasteiger partial charge in [-0.15, -0.1) is 10.2 Å². The zero-order valence-corrected chi connectivity index (χ0v) is 12.4. The van der Waals surface area contributed by atoms with E-state index in [1.54, 1.807) is 13.0 Å². The van der Waals surface area contributed by atoms with Gasteiger partial charge in [0, 0.05) is 5.69 Å². The second kappa shape index (κ2) is 5.38. The molecule has 2 heterocycles. The molecule has 3 aromatic rings. The fourth-order valence-corrected chi connectivity index (χ4v) is 2.57. The summed E-state index contributed by atoms with van der Waals surface area (Å²) in [4.78, 5) is 12.2. The van der Waals surface area contributed by atoms with Gasteiger partial charge in [-0.25, -0.2) is 4.39 Å². The molecule has 0 aliphatic carbocycles. The fraction of sp³-hybridized carbons (Fsp3) is 0.167. The van der Waals surface area contributed by atoms with Gasteiger partial charge in [-0.05, 0) is 25.1 Å². The summed E-state index contributed by atoms with van der Waals surface area (Å²) < 4.78 is 14.5. The second-order valence-corrected chi connectivity index (χ2v) is 5.71. The molecular formula is C12H9ClFN5OS. The first-order chi connectivity index (χ1) is 10.0. The van der Waals surface area contributed by atoms with Gasteiger partial charge in [0.05, 0.1) is 11.6 Å². The number of rotatable bonds is 3. The summed E-state index contributed by atoms with van der Waals surface area (Å²) in [5.74, 6) is -0.497. The van der Waals surface area contributed by atoms with Crippen LogP contribution in [0.25, 0.3) is 4.96 Å². The first-order valence-corrected chi connectivity index (χ1v) is 7.15. The van der Waals surface area contributed by atoms with Gasteiger partial charge < -0.3 is 5.32 Å². The number of hydrogen-bond acceptors (Lipinski definition) is 6. The predicted octanol–water partition coefficient (Wildman–Crippen LogP) is 2.26. The Morgan fingerprint density at radius 1 is 1.43 bits per heavy atom. The lowest BCUT2D eigenvalue weighted by atomic mass is 10.3. The molecule has 6 nitrogen and oxygen atoms in total. The molecule has 1 aromatic carbocycles. The number of aromatic nitrogens is 4. The number of nitrogens with zero attached hydrogens (tertiary/aromatic N) is 4. The van der Waals surface area contributed by atoms with Crippen molar-refractivity contribution in [3.05, 3.63) is 50.1 Å². The summed E-state index contributed by atoms with van der Waals surface area (Å²) in [6.07, 6.45) is 0. The first kappa shape index (κ1) is 13.9. The van der Waals surface area contributed by atoms with E-state index in [4.69, 9.17) is 11.6 Å². The molecule has 0 atom stereocenters. The average Bonchev–Trinajstić information content (AvgIpc) is 2.88. The Morgan fingerprint density at radius 2 is 2.24 bits per heavy atom. The SMILES string of the molecule is Cc1nnc2sc(CNc3ccc(Cl)c(F)c3)nn2c1=O. The molecule has 0 bridgehead atoms. The number of aryl methyl sites for hydroxylation is 1. The molecule has 0 aliphatic rings. The van der Waals surface area contributed by atoms with Crippen molar-refractivity contribution in [2.75, 3.05) is 5.32 Å². The third-order valence-electron chi connectivity index (χ3n) is 2.75. The quantitative estimate of drug-likeness (QED) is 0.799. The Balaban J connectivity index is 1.83. The molecule has 0 unspecified atom stereocenters. The molecule has 9 heteroatoms. The maximum absolute atomic E-state index is 13.3. The molecule has 0 radical (unpaired) electrons. The summed E-state index contributed by atoms with van der Waals surface area (Å²) in [5, 5.41) is 15.6. The first-order valence-electron chi connectivity index (χ1n) is 5.95. The van der Waals surface area contributed by atoms with E-state index in [1.165, 1.54) is 28.0 Å². The van der Waals surface area contributed by atoms with Gasteiger partial charge in [-0.3, -0.25) is 4.79 Å². The van der Waals surface area contributed by atoms with Gasteiger partial charge in [0.2, 0.25) is 4.96 Å². The van der Waals surface area contributed by atoms with Crippen molar-refractivity contribution in [3.8, 4) is 0 Å². The van der Waals surface area contributed by atoms with Crippen LogP contribution in [-0.4, -0.2) is 19.8 Å². The summed E-state index contributed by atoms with van der Waals surface area (Å²) in [6.45, 7) is 1.92. The fourth-order valence-electron chi connectivity index (χ4n) is 1.69. The monoisotopic (exact) mass is 325 g/mol. The highest BCUT2D eigenvalue weighted by molar-refractivity contribution is 7.16. The molecule has 0 aliphatic heterocycles. The van der Waals surface area contributed by atoms with Crippen LogP contribution in [0.15, 0.2) is 23.0 Å². The van der Waals surface area contributed by atoms with E-state index in [1.807, 2.05) is 0 Å². The van der Waals surface area contributed by atoms with Crippen molar-refractivity contribution in [1.29, 1.82) is 0 Å². The highest BCUT2D eigenvalue weighted by Gasteiger charge is 2.09. The average molecular weight is 326 g/mol. The van der Waals surface area contributed by atoms with E-state index in [2.05, 4.69) is 20.6 Å². The van der Waals surface area contributed by atoms with Gasteiger partial charge in [0.25, 0.3) is 5.56 Å². The standard InChI is InChI=1S/C12H9ClFN5OS/c1-6-11(20)19-12(17-16-6)21-10(18-19)5-15-7-2-3-8(13)9(14)4-7/h2-4,15H,5H2,1H3. The van der Waals surface area contributed by atoms with Crippen molar-refractivity contribution in [2.24, 2.45) is 0 Å². The summed E-state index contributed by atoms with van der Waals surface area (Å²) >= 11 is 6.86. The molecule has 0 saturated heterocycles. The summed E-state index contributed by atoms with van der Waals surface area (Å²) in [6, 6.07) is 4.43. The van der Waals surface area contributed by atoms with Crippen LogP contribution in [0.1, 0.15) is 10.7 Å². The lowest BCUT2D eigenvalue weighted by molar-refractivity contribution is 0.628. The van der Waals surface area contributed by atoms with Crippen LogP contribution in [0, 0.1) is 12.7 Å². The van der Waals surface area contributed by atoms with Gasteiger partial charge in [-0.1, -0.05) is 22.9 Å². The number of benzene rings is 1. The van der Waals surface area contributed by atoms with Crippen molar-refractivity contribution in [1.82, 2.24) is 19.8 Å². The van der Waals surface area contributed by atoms with Crippen LogP contribution in [0.5, 0.6) is 0 Å². The lowest BCUT2D eigenvalue weighted by Crippen LogP contribution is -2.19. The molecule has 21 heavy (non-hydrogen) atoms. The topological polar surface area (TPSA) is 72.2 Å². The molecule has 108 valence electrons. The number of fused-ring (bicyclic) bond motifs is 1. The van der Waals surface area contributed by atoms with Crippen LogP contribution in [0.4, 0.5) is 10.1 Å². The van der Waals surface area contributed by atoms with Gasteiger partial charge in [0.15, 0.2) is 0 Å². The van der Waals surface area contributed by atoms with E-state index in [9.17, 15) is 9.18 Å². The highest BCUT2D eigenvalue weighted by atomic mass is 35.5. The van der Waals surface area contributed by atoms with Crippen molar-refractivity contribution >= 4 is 33.6 Å². The minimum absolute atomic E-state index is 0.0674. The third-order valence-corrected chi connectivity index (χ3v) is 3.96. The minimum atomic E-state index is -0.497. The number of hydrogen-bond donors (Lipinski definition) is 1. The molecule has 0 spiro atoms. The van der Waals surface area contributed by atoms with Crippen LogP contribution in [-0.2, 0) is 6.54 Å². The molecule has 0 saturated carbocycles. The van der Waals surface area contributed by atoms with E-state index in [-0.39, 0.29) is 16.3 Å². The molecule has 3 rings (SSSR count). The maximum atomic E-state index is 13.3. The Labute approximate surface area is 127 Å². The van der Waals surface area contributed by atoms with Gasteiger partial charge in [-0.2, -0.15) is 9.61 Å². The predicted molar refractivity (Wildman–Crippen MR) is 78.4 cm³/mol. The number of anilines is 1. The van der Waals surface area contributed by atoms with Crippen LogP contribution in [0.3, 0.4) is 0 Å². The second-order valence-electron chi connectivity index (χ2n) is 4.26. The zero-order chi connectivity index (χ0) is 15.0. The minimum Gasteiger partial charge on any atom is -0.378 e. The van der Waals surface area contributed by atoms with E-state index in [0.29, 0.717) is 22.2 Å². The van der Waals surface area contributed by atoms with Crippen molar-refractivity contribution in [2.45, 2.75) is 13.5 Å². The van der Waals surface area contributed by atoms with Crippen LogP contribution in [0.2, 0.25) is 5.02 Å². The van der Waals surface area contributed by atoms with E-state index >= 15 is 0 Å². The largest absolute Gasteiger partial charge is 0.378 e. The van der Waals surface area contributed by atoms with Gasteiger partial charge in [0.1, 0.15) is 16.5 Å². The van der Waals surface area contributed by atoms with Crippen LogP contribution >= 0.6 is 22.9 Å². The normalized spacial score (nSPS) is 11.0. The maximum Gasteiger partial charge on any atom is 0.296 e. The lowest BCUT2D eigenvalue weighted by Gasteiger charge is -2.04. The molecule has 1 N–H and O–H groups in total. The molecule has 0 amide bonds. The smallest absolute Gasteiger partial charge is 0.296 e. The molecular weight excluding hydrogens is 317 g/mol. The summed E-state index contributed by atoms with van der Waals surface area (Å²) in [7, 11) is 0. The van der Waals surface area contributed by atoms with Gasteiger partial charge >= 0.3 is 0 Å². The Morgan fingerprint density at radius 3 is 3.00 bits per heavy atom. The van der Waals surface area contributed by atoms with Crippen molar-refractivity contribution in [3.63, 3.8) is 0 Å². The number of halogens is 2. The Kier molecular flexibility index (Phi) is 3.56. The highest BCUT2D eigenvalue weighted by Crippen LogP contribution is 2.19. The van der Waals surface area contributed by atoms with E-state index < -0.39 is 5.82 Å². The Hall–Kier alpha value is -2.06. The Bertz CT molecular complexity index is 878. The third kappa shape index (κ3) is 2.72. The molecule has 2 aromatic heterocycles. The molecule has 0 fully saturated rings. The van der Waals surface area contributed by atoms with E-state index in [0.717, 1.165) is 0 Å². The number of nitrogens with one attached hydrogen (secondary N) is 1. The van der Waals surface area contributed by atoms with Crippen molar-refractivity contribution < 1.29 is 4.39 Å².